The third-order valence-electron chi connectivity index (χ3n) is 3.78. The number of hydrogen-bond acceptors (Lipinski definition) is 3. The Balaban J connectivity index is 2.46. The molecule has 1 saturated carbocycles. The lowest BCUT2D eigenvalue weighted by atomic mass is 9.68. The molecule has 1 aliphatic carbocycles. The Morgan fingerprint density at radius 2 is 2.00 bits per heavy atom. The molecule has 18 heavy (non-hydrogen) atoms. The zero-order chi connectivity index (χ0) is 13.8. The van der Waals surface area contributed by atoms with Gasteiger partial charge in [0.25, 0.3) is 0 Å². The van der Waals surface area contributed by atoms with Crippen molar-refractivity contribution in [3.8, 4) is 0 Å². The molecule has 1 unspecified atom stereocenters. The van der Waals surface area contributed by atoms with Gasteiger partial charge in [-0.3, -0.25) is 9.59 Å². The molecule has 0 heterocycles. The smallest absolute Gasteiger partial charge is 0.311 e. The number of carboxylic acids is 1. The minimum atomic E-state index is -0.804. The van der Waals surface area contributed by atoms with Crippen molar-refractivity contribution in [3.05, 3.63) is 0 Å². The van der Waals surface area contributed by atoms with Crippen LogP contribution in [-0.4, -0.2) is 30.1 Å². The fourth-order valence-electron chi connectivity index (χ4n) is 2.35. The number of carboxylic acid groups (broad SMARTS) is 1. The molecule has 1 atom stereocenters. The Labute approximate surface area is 108 Å². The molecule has 104 valence electrons. The molecule has 0 aliphatic heterocycles. The molecule has 1 amide bonds. The number of aliphatic carboxylic acids is 1. The highest BCUT2D eigenvalue weighted by molar-refractivity contribution is 5.81. The number of nitrogens with one attached hydrogen (secondary N) is 1. The van der Waals surface area contributed by atoms with Gasteiger partial charge in [0.1, 0.15) is 0 Å². The van der Waals surface area contributed by atoms with Gasteiger partial charge in [-0.05, 0) is 25.2 Å². The lowest BCUT2D eigenvalue weighted by Gasteiger charge is -2.37. The summed E-state index contributed by atoms with van der Waals surface area (Å²) in [6.07, 6.45) is 2.97. The highest BCUT2D eigenvalue weighted by Crippen LogP contribution is 2.40. The summed E-state index contributed by atoms with van der Waals surface area (Å²) in [5.41, 5.74) is 4.86. The maximum absolute atomic E-state index is 11.9. The molecular weight excluding hydrogens is 232 g/mol. The summed E-state index contributed by atoms with van der Waals surface area (Å²) in [4.78, 5) is 23.1. The molecule has 1 aliphatic rings. The maximum atomic E-state index is 11.9. The van der Waals surface area contributed by atoms with E-state index in [2.05, 4.69) is 5.32 Å². The monoisotopic (exact) mass is 256 g/mol. The van der Waals surface area contributed by atoms with E-state index in [9.17, 15) is 9.59 Å². The predicted molar refractivity (Wildman–Crippen MR) is 68.9 cm³/mol. The summed E-state index contributed by atoms with van der Waals surface area (Å²) >= 11 is 0. The van der Waals surface area contributed by atoms with E-state index in [4.69, 9.17) is 10.8 Å². The molecule has 0 radical (unpaired) electrons. The van der Waals surface area contributed by atoms with Gasteiger partial charge in [-0.2, -0.15) is 0 Å². The van der Waals surface area contributed by atoms with E-state index < -0.39 is 11.4 Å². The number of carbonyl (C=O) groups is 2. The fraction of sp³-hybridized carbons (Fsp3) is 0.846. The number of rotatable bonds is 7. The largest absolute Gasteiger partial charge is 0.481 e. The molecular formula is C13H24N2O3. The van der Waals surface area contributed by atoms with Gasteiger partial charge >= 0.3 is 5.97 Å². The first-order valence-corrected chi connectivity index (χ1v) is 6.62. The summed E-state index contributed by atoms with van der Waals surface area (Å²) in [5.74, 6) is -0.724. The summed E-state index contributed by atoms with van der Waals surface area (Å²) in [5, 5.41) is 11.9. The molecule has 0 aromatic heterocycles. The Bertz CT molecular complexity index is 311. The third-order valence-corrected chi connectivity index (χ3v) is 3.78. The van der Waals surface area contributed by atoms with Crippen molar-refractivity contribution in [3.63, 3.8) is 0 Å². The predicted octanol–water partition coefficient (Wildman–Crippen LogP) is 0.979. The van der Waals surface area contributed by atoms with Crippen LogP contribution in [0, 0.1) is 17.3 Å². The van der Waals surface area contributed by atoms with Crippen LogP contribution in [-0.2, 0) is 9.59 Å². The van der Waals surface area contributed by atoms with Crippen LogP contribution in [0.3, 0.4) is 0 Å². The molecule has 0 aromatic carbocycles. The van der Waals surface area contributed by atoms with Gasteiger partial charge in [-0.15, -0.1) is 0 Å². The topological polar surface area (TPSA) is 92.4 Å². The highest BCUT2D eigenvalue weighted by atomic mass is 16.4. The summed E-state index contributed by atoms with van der Waals surface area (Å²) in [7, 11) is 0. The molecule has 1 rings (SSSR count). The van der Waals surface area contributed by atoms with Crippen molar-refractivity contribution in [1.29, 1.82) is 0 Å². The summed E-state index contributed by atoms with van der Waals surface area (Å²) in [6, 6.07) is 0. The lowest BCUT2D eigenvalue weighted by Crippen LogP contribution is -2.49. The molecule has 4 N–H and O–H groups in total. The van der Waals surface area contributed by atoms with Crippen LogP contribution in [0.1, 0.15) is 39.5 Å². The van der Waals surface area contributed by atoms with Gasteiger partial charge < -0.3 is 16.2 Å². The van der Waals surface area contributed by atoms with E-state index in [-0.39, 0.29) is 18.4 Å². The number of hydrogen-bond donors (Lipinski definition) is 3. The van der Waals surface area contributed by atoms with Gasteiger partial charge in [-0.1, -0.05) is 20.3 Å². The quantitative estimate of drug-likeness (QED) is 0.633. The second-order valence-corrected chi connectivity index (χ2v) is 5.72. The van der Waals surface area contributed by atoms with Crippen LogP contribution < -0.4 is 11.1 Å². The molecule has 0 spiro atoms. The highest BCUT2D eigenvalue weighted by Gasteiger charge is 2.44. The Morgan fingerprint density at radius 1 is 1.39 bits per heavy atom. The van der Waals surface area contributed by atoms with Gasteiger partial charge in [0.2, 0.25) is 5.91 Å². The average molecular weight is 256 g/mol. The molecule has 1 fully saturated rings. The average Bonchev–Trinajstić information content (AvgIpc) is 2.23. The van der Waals surface area contributed by atoms with Gasteiger partial charge in [0.05, 0.1) is 11.3 Å². The van der Waals surface area contributed by atoms with Crippen molar-refractivity contribution in [2.75, 3.05) is 13.1 Å². The van der Waals surface area contributed by atoms with E-state index in [1.165, 1.54) is 0 Å². The van der Waals surface area contributed by atoms with Gasteiger partial charge in [0, 0.05) is 13.1 Å². The lowest BCUT2D eigenvalue weighted by molar-refractivity contribution is -0.154. The summed E-state index contributed by atoms with van der Waals surface area (Å²) < 4.78 is 0. The third kappa shape index (κ3) is 3.45. The first-order chi connectivity index (χ1) is 8.41. The van der Waals surface area contributed by atoms with Crippen molar-refractivity contribution in [2.45, 2.75) is 39.5 Å². The van der Waals surface area contributed by atoms with E-state index >= 15 is 0 Å². The van der Waals surface area contributed by atoms with Crippen LogP contribution in [0.15, 0.2) is 0 Å². The van der Waals surface area contributed by atoms with Gasteiger partial charge in [0.15, 0.2) is 0 Å². The van der Waals surface area contributed by atoms with Crippen LogP contribution >= 0.6 is 0 Å². The van der Waals surface area contributed by atoms with Crippen LogP contribution in [0.2, 0.25) is 0 Å². The Hall–Kier alpha value is -1.10. The van der Waals surface area contributed by atoms with E-state index in [0.717, 1.165) is 12.8 Å². The van der Waals surface area contributed by atoms with E-state index in [1.54, 1.807) is 0 Å². The van der Waals surface area contributed by atoms with E-state index in [0.29, 0.717) is 25.3 Å². The molecule has 0 saturated heterocycles. The zero-order valence-electron chi connectivity index (χ0n) is 11.2. The van der Waals surface area contributed by atoms with E-state index in [1.807, 2.05) is 13.8 Å². The summed E-state index contributed by atoms with van der Waals surface area (Å²) in [6.45, 7) is 4.63. The number of amides is 1. The molecule has 0 aromatic rings. The SMILES string of the molecule is CC(C)CC(CN)C(=O)NCC1(C(=O)O)CCC1. The van der Waals surface area contributed by atoms with Crippen LogP contribution in [0.5, 0.6) is 0 Å². The number of nitrogens with two attached hydrogens (primary N) is 1. The minimum Gasteiger partial charge on any atom is -0.481 e. The second kappa shape index (κ2) is 6.18. The maximum Gasteiger partial charge on any atom is 0.311 e. The van der Waals surface area contributed by atoms with Crippen molar-refractivity contribution in [2.24, 2.45) is 23.0 Å². The zero-order valence-corrected chi connectivity index (χ0v) is 11.2. The van der Waals surface area contributed by atoms with Crippen LogP contribution in [0.25, 0.3) is 0 Å². The fourth-order valence-corrected chi connectivity index (χ4v) is 2.35. The minimum absolute atomic E-state index is 0.112. The van der Waals surface area contributed by atoms with Crippen molar-refractivity contribution in [1.82, 2.24) is 5.32 Å². The van der Waals surface area contributed by atoms with Crippen LogP contribution in [0.4, 0.5) is 0 Å². The second-order valence-electron chi connectivity index (χ2n) is 5.72. The number of carbonyl (C=O) groups excluding carboxylic acids is 1. The molecule has 5 heteroatoms. The molecule has 5 nitrogen and oxygen atoms in total. The first-order valence-electron chi connectivity index (χ1n) is 6.62. The molecule has 0 bridgehead atoms. The Morgan fingerprint density at radius 3 is 2.33 bits per heavy atom. The first kappa shape index (κ1) is 15.0. The van der Waals surface area contributed by atoms with Crippen molar-refractivity contribution >= 4 is 11.9 Å². The normalized spacial score (nSPS) is 19.1. The van der Waals surface area contributed by atoms with Gasteiger partial charge in [-0.25, -0.2) is 0 Å². The van der Waals surface area contributed by atoms with Crippen molar-refractivity contribution < 1.29 is 14.7 Å². The standard InChI is InChI=1S/C13H24N2O3/c1-9(2)6-10(7-14)11(16)15-8-13(12(17)18)4-3-5-13/h9-10H,3-8,14H2,1-2H3,(H,15,16)(H,17,18). The Kier molecular flexibility index (Phi) is 5.14.